The lowest BCUT2D eigenvalue weighted by atomic mass is 9.76. The molecule has 2 fully saturated rings. The smallest absolute Gasteiger partial charge is 0.250 e. The van der Waals surface area contributed by atoms with Gasteiger partial charge in [-0.25, -0.2) is 0 Å². The molecule has 5 rings (SSSR count). The largest absolute Gasteiger partial charge is 0.493 e. The van der Waals surface area contributed by atoms with Crippen molar-refractivity contribution in [2.45, 2.75) is 37.8 Å². The Morgan fingerprint density at radius 2 is 1.84 bits per heavy atom. The summed E-state index contributed by atoms with van der Waals surface area (Å²) in [5, 5.41) is 6.17. The fourth-order valence-electron chi connectivity index (χ4n) is 6.13. The van der Waals surface area contributed by atoms with Crippen molar-refractivity contribution in [2.75, 3.05) is 26.1 Å². The van der Waals surface area contributed by atoms with Crippen molar-refractivity contribution in [3.8, 4) is 11.5 Å². The predicted octanol–water partition coefficient (Wildman–Crippen LogP) is 1.10. The summed E-state index contributed by atoms with van der Waals surface area (Å²) in [6, 6.07) is 10.2. The second-order valence-electron chi connectivity index (χ2n) is 9.65. The highest BCUT2D eigenvalue weighted by atomic mass is 16.5. The van der Waals surface area contributed by atoms with E-state index < -0.39 is 47.0 Å². The van der Waals surface area contributed by atoms with Gasteiger partial charge in [-0.05, 0) is 36.1 Å². The summed E-state index contributed by atoms with van der Waals surface area (Å²) in [5.41, 5.74) is 7.13. The third kappa shape index (κ3) is 3.66. The molecule has 4 atom stereocenters. The van der Waals surface area contributed by atoms with Crippen molar-refractivity contribution in [1.29, 1.82) is 0 Å². The molecule has 10 nitrogen and oxygen atoms in total. The lowest BCUT2D eigenvalue weighted by molar-refractivity contribution is -0.142. The number of amides is 4. The van der Waals surface area contributed by atoms with E-state index in [0.29, 0.717) is 35.6 Å². The highest BCUT2D eigenvalue weighted by molar-refractivity contribution is 6.15. The number of imide groups is 1. The van der Waals surface area contributed by atoms with Crippen LogP contribution in [0, 0.1) is 11.8 Å². The van der Waals surface area contributed by atoms with Crippen LogP contribution in [0.4, 0.5) is 5.69 Å². The first kappa shape index (κ1) is 24.8. The number of nitrogens with zero attached hydrogens (tertiary/aromatic N) is 1. The molecule has 0 unspecified atom stereocenters. The number of primary amides is 1. The Balaban J connectivity index is 1.50. The van der Waals surface area contributed by atoms with Crippen molar-refractivity contribution in [2.24, 2.45) is 17.6 Å². The lowest BCUT2D eigenvalue weighted by Gasteiger charge is -2.29. The summed E-state index contributed by atoms with van der Waals surface area (Å²) in [7, 11) is 3.08. The van der Waals surface area contributed by atoms with E-state index in [9.17, 15) is 19.2 Å². The van der Waals surface area contributed by atoms with Gasteiger partial charge in [0.25, 0.3) is 0 Å². The highest BCUT2D eigenvalue weighted by Crippen LogP contribution is 2.54. The number of aryl methyl sites for hydroxylation is 1. The lowest BCUT2D eigenvalue weighted by Crippen LogP contribution is -2.53. The van der Waals surface area contributed by atoms with Crippen LogP contribution in [0.25, 0.3) is 0 Å². The van der Waals surface area contributed by atoms with Crippen LogP contribution in [-0.2, 0) is 37.6 Å². The van der Waals surface area contributed by atoms with E-state index >= 15 is 0 Å². The number of carbonyl (C=O) groups excluding carboxylic acids is 4. The first-order valence-corrected chi connectivity index (χ1v) is 12.3. The molecule has 194 valence electrons. The standard InChI is InChI=1S/C27H30N4O6/c1-4-15-6-5-7-16-23(15)29-26(35)27(16)22-21(17(30-27)13-20(28)32)24(33)31(25(22)34)11-10-14-8-9-18(36-2)19(12-14)37-3/h5-9,12,17,21-22,30H,4,10-11,13H2,1-3H3,(H2,28,32)(H,29,35)/t17-,21-,22-,27-/m1/s1. The van der Waals surface area contributed by atoms with E-state index in [1.807, 2.05) is 25.1 Å². The van der Waals surface area contributed by atoms with Crippen LogP contribution in [0.15, 0.2) is 36.4 Å². The zero-order valence-corrected chi connectivity index (χ0v) is 21.0. The minimum Gasteiger partial charge on any atom is -0.493 e. The number of hydrogen-bond donors (Lipinski definition) is 3. The fraction of sp³-hybridized carbons (Fsp3) is 0.407. The minimum atomic E-state index is -1.45. The molecule has 10 heteroatoms. The minimum absolute atomic E-state index is 0.128. The van der Waals surface area contributed by atoms with E-state index in [-0.39, 0.29) is 13.0 Å². The van der Waals surface area contributed by atoms with E-state index in [1.54, 1.807) is 25.3 Å². The fourth-order valence-corrected chi connectivity index (χ4v) is 6.13. The monoisotopic (exact) mass is 506 g/mol. The summed E-state index contributed by atoms with van der Waals surface area (Å²) in [5.74, 6) is -2.58. The van der Waals surface area contributed by atoms with Gasteiger partial charge in [0.15, 0.2) is 11.5 Å². The van der Waals surface area contributed by atoms with E-state index in [1.165, 1.54) is 12.0 Å². The summed E-state index contributed by atoms with van der Waals surface area (Å²) < 4.78 is 10.6. The molecule has 3 aliphatic rings. The molecule has 37 heavy (non-hydrogen) atoms. The number of methoxy groups -OCH3 is 2. The SMILES string of the molecule is CCc1cccc2c1NC(=O)[C@@]21N[C@H](CC(N)=O)[C@H]2C(=O)N(CCc3ccc(OC)c(OC)c3)C(=O)[C@@H]21. The van der Waals surface area contributed by atoms with Gasteiger partial charge in [0.05, 0.1) is 26.1 Å². The molecular formula is C27H30N4O6. The number of nitrogens with one attached hydrogen (secondary N) is 2. The van der Waals surface area contributed by atoms with Gasteiger partial charge in [-0.15, -0.1) is 0 Å². The number of likely N-dealkylation sites (tertiary alicyclic amines) is 1. The molecular weight excluding hydrogens is 476 g/mol. The van der Waals surface area contributed by atoms with Gasteiger partial charge < -0.3 is 20.5 Å². The van der Waals surface area contributed by atoms with Crippen LogP contribution in [0.2, 0.25) is 0 Å². The topological polar surface area (TPSA) is 140 Å². The molecule has 2 saturated heterocycles. The van der Waals surface area contributed by atoms with Crippen LogP contribution >= 0.6 is 0 Å². The first-order chi connectivity index (χ1) is 17.8. The Labute approximate surface area is 214 Å². The molecule has 4 amide bonds. The number of hydrogen-bond acceptors (Lipinski definition) is 7. The second-order valence-corrected chi connectivity index (χ2v) is 9.65. The number of ether oxygens (including phenoxy) is 2. The Hall–Kier alpha value is -3.92. The third-order valence-electron chi connectivity index (χ3n) is 7.80. The summed E-state index contributed by atoms with van der Waals surface area (Å²) in [6.07, 6.45) is 0.908. The number of rotatable bonds is 8. The number of nitrogens with two attached hydrogens (primary N) is 1. The first-order valence-electron chi connectivity index (χ1n) is 12.3. The molecule has 0 aliphatic carbocycles. The van der Waals surface area contributed by atoms with Crippen LogP contribution < -0.4 is 25.8 Å². The number of carbonyl (C=O) groups is 4. The van der Waals surface area contributed by atoms with E-state index in [0.717, 1.165) is 11.1 Å². The van der Waals surface area contributed by atoms with Crippen molar-refractivity contribution in [1.82, 2.24) is 10.2 Å². The summed E-state index contributed by atoms with van der Waals surface area (Å²) in [4.78, 5) is 54.2. The quantitative estimate of drug-likeness (QED) is 0.456. The summed E-state index contributed by atoms with van der Waals surface area (Å²) in [6.45, 7) is 2.11. The van der Waals surface area contributed by atoms with Crippen LogP contribution in [-0.4, -0.2) is 55.3 Å². The van der Waals surface area contributed by atoms with Gasteiger partial charge >= 0.3 is 0 Å². The van der Waals surface area contributed by atoms with Crippen LogP contribution in [0.3, 0.4) is 0 Å². The maximum atomic E-state index is 13.9. The molecule has 1 spiro atoms. The normalized spacial score (nSPS) is 25.9. The zero-order valence-electron chi connectivity index (χ0n) is 21.0. The van der Waals surface area contributed by atoms with Crippen LogP contribution in [0.5, 0.6) is 11.5 Å². The van der Waals surface area contributed by atoms with Crippen molar-refractivity contribution < 1.29 is 28.7 Å². The maximum absolute atomic E-state index is 13.9. The Morgan fingerprint density at radius 1 is 1.08 bits per heavy atom. The average molecular weight is 507 g/mol. The third-order valence-corrected chi connectivity index (χ3v) is 7.80. The average Bonchev–Trinajstić information content (AvgIpc) is 3.46. The molecule has 0 saturated carbocycles. The van der Waals surface area contributed by atoms with Crippen molar-refractivity contribution >= 4 is 29.3 Å². The van der Waals surface area contributed by atoms with Gasteiger partial charge in [0.1, 0.15) is 5.54 Å². The van der Waals surface area contributed by atoms with Crippen molar-refractivity contribution in [3.63, 3.8) is 0 Å². The van der Waals surface area contributed by atoms with E-state index in [2.05, 4.69) is 10.6 Å². The second kappa shape index (κ2) is 9.19. The van der Waals surface area contributed by atoms with Crippen LogP contribution in [0.1, 0.15) is 30.0 Å². The Bertz CT molecular complexity index is 1310. The number of benzene rings is 2. The Morgan fingerprint density at radius 3 is 2.51 bits per heavy atom. The van der Waals surface area contributed by atoms with Gasteiger partial charge in [-0.1, -0.05) is 31.2 Å². The molecule has 3 aliphatic heterocycles. The van der Waals surface area contributed by atoms with E-state index in [4.69, 9.17) is 15.2 Å². The molecule has 2 aromatic carbocycles. The predicted molar refractivity (Wildman–Crippen MR) is 134 cm³/mol. The van der Waals surface area contributed by atoms with Gasteiger partial charge in [0.2, 0.25) is 23.6 Å². The molecule has 3 heterocycles. The number of fused-ring (bicyclic) bond motifs is 4. The molecule has 2 aromatic rings. The van der Waals surface area contributed by atoms with Crippen molar-refractivity contribution in [3.05, 3.63) is 53.1 Å². The van der Waals surface area contributed by atoms with Gasteiger partial charge in [-0.2, -0.15) is 0 Å². The molecule has 4 N–H and O–H groups in total. The maximum Gasteiger partial charge on any atom is 0.250 e. The molecule has 0 radical (unpaired) electrons. The van der Waals surface area contributed by atoms with Gasteiger partial charge in [0, 0.05) is 30.3 Å². The highest BCUT2D eigenvalue weighted by Gasteiger charge is 2.70. The summed E-state index contributed by atoms with van der Waals surface area (Å²) >= 11 is 0. The number of anilines is 1. The zero-order chi connectivity index (χ0) is 26.5. The Kier molecular flexibility index (Phi) is 6.15. The molecule has 0 bridgehead atoms. The van der Waals surface area contributed by atoms with Gasteiger partial charge in [-0.3, -0.25) is 29.4 Å². The number of para-hydroxylation sites is 1. The molecule has 0 aromatic heterocycles.